The number of benzene rings is 2. The van der Waals surface area contributed by atoms with Crippen LogP contribution >= 0.6 is 0 Å². The van der Waals surface area contributed by atoms with Gasteiger partial charge in [0.15, 0.2) is 0 Å². The van der Waals surface area contributed by atoms with E-state index >= 15 is 0 Å². The van der Waals surface area contributed by atoms with Gasteiger partial charge in [0, 0.05) is 0 Å². The van der Waals surface area contributed by atoms with Gasteiger partial charge in [-0.15, -0.1) is 0 Å². The van der Waals surface area contributed by atoms with Crippen LogP contribution in [0, 0.1) is 0 Å². The van der Waals surface area contributed by atoms with Gasteiger partial charge in [0.1, 0.15) is 12.1 Å². The first-order chi connectivity index (χ1) is 14.8. The van der Waals surface area contributed by atoms with Crippen molar-refractivity contribution in [3.63, 3.8) is 0 Å². The fourth-order valence-electron chi connectivity index (χ4n) is 3.92. The average molecular weight is 422 g/mol. The zero-order chi connectivity index (χ0) is 22.6. The minimum absolute atomic E-state index is 0.158. The standard InChI is InChI=1S/C25H31N3O3/c1-5-9-21(19-10-7-6-8-11-19)26-22(29)16-28-23(30)25(4,27-24(28)31)20-14-12-18(13-15-20)17(2)3/h6-8,10-15,17,21H,5,9,16H2,1-4H3,(H,26,29)(H,27,31)/t21-,25-/m1/s1. The molecule has 0 spiro atoms. The first-order valence-corrected chi connectivity index (χ1v) is 10.8. The lowest BCUT2D eigenvalue weighted by molar-refractivity contribution is -0.135. The Morgan fingerprint density at radius 1 is 1.03 bits per heavy atom. The molecule has 1 saturated heterocycles. The highest BCUT2D eigenvalue weighted by Crippen LogP contribution is 2.30. The van der Waals surface area contributed by atoms with Gasteiger partial charge in [0.2, 0.25) is 5.91 Å². The molecule has 1 aliphatic rings. The van der Waals surface area contributed by atoms with E-state index < -0.39 is 17.5 Å². The van der Waals surface area contributed by atoms with Gasteiger partial charge in [-0.05, 0) is 36.0 Å². The molecule has 2 atom stereocenters. The molecule has 1 fully saturated rings. The summed E-state index contributed by atoms with van der Waals surface area (Å²) < 4.78 is 0. The smallest absolute Gasteiger partial charge is 0.325 e. The molecule has 6 heteroatoms. The lowest BCUT2D eigenvalue weighted by Crippen LogP contribution is -2.43. The normalized spacial score (nSPS) is 19.5. The third-order valence-corrected chi connectivity index (χ3v) is 5.85. The summed E-state index contributed by atoms with van der Waals surface area (Å²) >= 11 is 0. The molecule has 164 valence electrons. The summed E-state index contributed by atoms with van der Waals surface area (Å²) in [6.45, 7) is 7.62. The number of rotatable bonds is 8. The largest absolute Gasteiger partial charge is 0.348 e. The lowest BCUT2D eigenvalue weighted by atomic mass is 9.90. The van der Waals surface area contributed by atoms with Crippen LogP contribution in [0.5, 0.6) is 0 Å². The molecular formula is C25H31N3O3. The number of hydrogen-bond acceptors (Lipinski definition) is 3. The third kappa shape index (κ3) is 4.79. The Kier molecular flexibility index (Phi) is 6.78. The molecule has 6 nitrogen and oxygen atoms in total. The number of imide groups is 1. The number of amides is 4. The number of hydrogen-bond donors (Lipinski definition) is 2. The number of carbonyl (C=O) groups is 3. The highest BCUT2D eigenvalue weighted by molar-refractivity contribution is 6.09. The van der Waals surface area contributed by atoms with E-state index in [1.165, 1.54) is 0 Å². The minimum Gasteiger partial charge on any atom is -0.348 e. The highest BCUT2D eigenvalue weighted by Gasteiger charge is 2.49. The molecule has 1 aliphatic heterocycles. The van der Waals surface area contributed by atoms with Crippen LogP contribution in [-0.4, -0.2) is 29.3 Å². The van der Waals surface area contributed by atoms with Crippen LogP contribution < -0.4 is 10.6 Å². The van der Waals surface area contributed by atoms with Gasteiger partial charge in [-0.3, -0.25) is 14.5 Å². The Morgan fingerprint density at radius 3 is 2.26 bits per heavy atom. The van der Waals surface area contributed by atoms with E-state index in [-0.39, 0.29) is 18.5 Å². The zero-order valence-corrected chi connectivity index (χ0v) is 18.6. The molecule has 1 heterocycles. The molecule has 0 aliphatic carbocycles. The second-order valence-corrected chi connectivity index (χ2v) is 8.54. The third-order valence-electron chi connectivity index (χ3n) is 5.85. The van der Waals surface area contributed by atoms with E-state index in [4.69, 9.17) is 0 Å². The van der Waals surface area contributed by atoms with Gasteiger partial charge >= 0.3 is 6.03 Å². The summed E-state index contributed by atoms with van der Waals surface area (Å²) in [5, 5.41) is 5.74. The van der Waals surface area contributed by atoms with E-state index in [9.17, 15) is 14.4 Å². The highest BCUT2D eigenvalue weighted by atomic mass is 16.2. The van der Waals surface area contributed by atoms with Crippen LogP contribution in [0.15, 0.2) is 54.6 Å². The van der Waals surface area contributed by atoms with Crippen LogP contribution in [0.1, 0.15) is 69.2 Å². The Bertz CT molecular complexity index is 940. The molecule has 2 aromatic rings. The van der Waals surface area contributed by atoms with Crippen molar-refractivity contribution >= 4 is 17.8 Å². The van der Waals surface area contributed by atoms with E-state index in [2.05, 4.69) is 31.4 Å². The molecule has 0 radical (unpaired) electrons. The van der Waals surface area contributed by atoms with E-state index in [0.29, 0.717) is 11.5 Å². The monoisotopic (exact) mass is 421 g/mol. The molecule has 3 rings (SSSR count). The van der Waals surface area contributed by atoms with Crippen molar-refractivity contribution in [3.8, 4) is 0 Å². The lowest BCUT2D eigenvalue weighted by Gasteiger charge is -2.23. The summed E-state index contributed by atoms with van der Waals surface area (Å²) in [6.07, 6.45) is 1.67. The van der Waals surface area contributed by atoms with Gasteiger partial charge in [-0.1, -0.05) is 81.8 Å². The molecule has 0 saturated carbocycles. The average Bonchev–Trinajstić information content (AvgIpc) is 2.98. The van der Waals surface area contributed by atoms with Gasteiger partial charge in [-0.25, -0.2) is 4.79 Å². The molecule has 2 N–H and O–H groups in total. The Hall–Kier alpha value is -3.15. The summed E-state index contributed by atoms with van der Waals surface area (Å²) in [5.74, 6) is -0.404. The first kappa shape index (κ1) is 22.5. The molecule has 0 bridgehead atoms. The van der Waals surface area contributed by atoms with Gasteiger partial charge in [0.05, 0.1) is 6.04 Å². The van der Waals surface area contributed by atoms with E-state index in [1.54, 1.807) is 6.92 Å². The predicted molar refractivity (Wildman–Crippen MR) is 120 cm³/mol. The van der Waals surface area contributed by atoms with Crippen molar-refractivity contribution in [3.05, 3.63) is 71.3 Å². The maximum absolute atomic E-state index is 13.1. The molecule has 0 unspecified atom stereocenters. The van der Waals surface area contributed by atoms with Crippen LogP contribution in [-0.2, 0) is 15.1 Å². The Balaban J connectivity index is 1.72. The summed E-state index contributed by atoms with van der Waals surface area (Å²) in [7, 11) is 0. The van der Waals surface area contributed by atoms with E-state index in [0.717, 1.165) is 28.9 Å². The Morgan fingerprint density at radius 2 is 1.68 bits per heavy atom. The summed E-state index contributed by atoms with van der Waals surface area (Å²) in [6, 6.07) is 16.7. The summed E-state index contributed by atoms with van der Waals surface area (Å²) in [4.78, 5) is 39.4. The van der Waals surface area contributed by atoms with Crippen LogP contribution in [0.25, 0.3) is 0 Å². The van der Waals surface area contributed by atoms with Crippen molar-refractivity contribution in [1.82, 2.24) is 15.5 Å². The predicted octanol–water partition coefficient (Wildman–Crippen LogP) is 4.23. The quantitative estimate of drug-likeness (QED) is 0.626. The number of urea groups is 1. The summed E-state index contributed by atoms with van der Waals surface area (Å²) in [5.41, 5.74) is 1.68. The molecule has 2 aromatic carbocycles. The van der Waals surface area contributed by atoms with Crippen molar-refractivity contribution in [2.45, 2.75) is 58.0 Å². The molecule has 31 heavy (non-hydrogen) atoms. The fourth-order valence-corrected chi connectivity index (χ4v) is 3.92. The van der Waals surface area contributed by atoms with Crippen LogP contribution in [0.4, 0.5) is 4.79 Å². The van der Waals surface area contributed by atoms with Crippen LogP contribution in [0.2, 0.25) is 0 Å². The van der Waals surface area contributed by atoms with Crippen molar-refractivity contribution in [2.24, 2.45) is 0 Å². The van der Waals surface area contributed by atoms with Gasteiger partial charge in [0.25, 0.3) is 5.91 Å². The van der Waals surface area contributed by atoms with Crippen LogP contribution in [0.3, 0.4) is 0 Å². The Labute approximate surface area is 184 Å². The minimum atomic E-state index is -1.19. The maximum Gasteiger partial charge on any atom is 0.325 e. The molecule has 4 amide bonds. The second-order valence-electron chi connectivity index (χ2n) is 8.54. The molecule has 0 aromatic heterocycles. The second kappa shape index (κ2) is 9.33. The van der Waals surface area contributed by atoms with Crippen molar-refractivity contribution in [1.29, 1.82) is 0 Å². The molecular weight excluding hydrogens is 390 g/mol. The topological polar surface area (TPSA) is 78.5 Å². The number of carbonyl (C=O) groups excluding carboxylic acids is 3. The fraction of sp³-hybridized carbons (Fsp3) is 0.400. The van der Waals surface area contributed by atoms with Crippen molar-refractivity contribution < 1.29 is 14.4 Å². The maximum atomic E-state index is 13.1. The van der Waals surface area contributed by atoms with Gasteiger partial charge in [-0.2, -0.15) is 0 Å². The zero-order valence-electron chi connectivity index (χ0n) is 18.6. The van der Waals surface area contributed by atoms with Gasteiger partial charge < -0.3 is 10.6 Å². The van der Waals surface area contributed by atoms with E-state index in [1.807, 2.05) is 54.6 Å². The van der Waals surface area contributed by atoms with Crippen molar-refractivity contribution in [2.75, 3.05) is 6.54 Å². The number of nitrogens with one attached hydrogen (secondary N) is 2. The SMILES string of the molecule is CCC[C@@H](NC(=O)CN1C(=O)N[C@](C)(c2ccc(C(C)C)cc2)C1=O)c1ccccc1. The first-order valence-electron chi connectivity index (χ1n) is 10.8. The number of nitrogens with zero attached hydrogens (tertiary/aromatic N) is 1.